The summed E-state index contributed by atoms with van der Waals surface area (Å²) in [4.78, 5) is 7.21. The van der Waals surface area contributed by atoms with E-state index in [9.17, 15) is 0 Å². The molecule has 2 rings (SSSR count). The lowest BCUT2D eigenvalue weighted by Crippen LogP contribution is -2.16. The van der Waals surface area contributed by atoms with Crippen molar-refractivity contribution in [1.82, 2.24) is 10.3 Å². The van der Waals surface area contributed by atoms with Crippen LogP contribution in [0.1, 0.15) is 26.5 Å². The zero-order valence-corrected chi connectivity index (χ0v) is 10.7. The fourth-order valence-corrected chi connectivity index (χ4v) is 3.20. The predicted octanol–water partition coefficient (Wildman–Crippen LogP) is 3.13. The van der Waals surface area contributed by atoms with Gasteiger partial charge in [0, 0.05) is 15.1 Å². The number of rotatable bonds is 3. The summed E-state index contributed by atoms with van der Waals surface area (Å²) in [5.74, 6) is 0. The molecule has 0 aliphatic carbocycles. The molecule has 2 aromatic heterocycles. The molecule has 2 aromatic rings. The van der Waals surface area contributed by atoms with Crippen LogP contribution in [-0.4, -0.2) is 12.0 Å². The van der Waals surface area contributed by atoms with E-state index in [1.807, 2.05) is 25.3 Å². The number of nitrogens with zero attached hydrogens (tertiary/aromatic N) is 1. The molecule has 0 aliphatic heterocycles. The van der Waals surface area contributed by atoms with Gasteiger partial charge in [-0.05, 0) is 33.0 Å². The number of hydrogen-bond donors (Lipinski definition) is 1. The predicted molar refractivity (Wildman–Crippen MR) is 66.8 cm³/mol. The van der Waals surface area contributed by atoms with Crippen LogP contribution >= 0.6 is 22.7 Å². The molecule has 2 heterocycles. The molecule has 15 heavy (non-hydrogen) atoms. The Bertz CT molecular complexity index is 405. The Morgan fingerprint density at radius 3 is 2.60 bits per heavy atom. The van der Waals surface area contributed by atoms with E-state index in [0.29, 0.717) is 0 Å². The molecule has 80 valence electrons. The van der Waals surface area contributed by atoms with E-state index in [0.717, 1.165) is 10.7 Å². The van der Waals surface area contributed by atoms with Crippen molar-refractivity contribution in [3.63, 3.8) is 0 Å². The Hall–Kier alpha value is -0.710. The maximum atomic E-state index is 4.53. The summed E-state index contributed by atoms with van der Waals surface area (Å²) in [6.07, 6.45) is 0. The van der Waals surface area contributed by atoms with Crippen molar-refractivity contribution in [2.45, 2.75) is 19.9 Å². The number of nitrogens with one attached hydrogen (secondary N) is 1. The number of thiophene rings is 1. The van der Waals surface area contributed by atoms with Crippen molar-refractivity contribution in [2.75, 3.05) is 7.05 Å². The van der Waals surface area contributed by atoms with E-state index in [1.165, 1.54) is 9.75 Å². The molecule has 0 bridgehead atoms. The van der Waals surface area contributed by atoms with Gasteiger partial charge in [0.15, 0.2) is 0 Å². The molecule has 1 N–H and O–H groups in total. The van der Waals surface area contributed by atoms with Crippen LogP contribution in [0.25, 0.3) is 0 Å². The minimum absolute atomic E-state index is 0.244. The van der Waals surface area contributed by atoms with Crippen LogP contribution in [0.5, 0.6) is 0 Å². The number of hydrogen-bond acceptors (Lipinski definition) is 4. The van der Waals surface area contributed by atoms with Gasteiger partial charge in [-0.1, -0.05) is 0 Å². The standard InChI is InChI=1S/C11H14N2S2/c1-7-4-5-10(15-7)11(12-3)9-6-14-8(2)13-9/h4-6,11-12H,1-3H3. The van der Waals surface area contributed by atoms with Crippen LogP contribution in [-0.2, 0) is 0 Å². The molecule has 1 atom stereocenters. The van der Waals surface area contributed by atoms with E-state index in [-0.39, 0.29) is 6.04 Å². The summed E-state index contributed by atoms with van der Waals surface area (Å²) in [7, 11) is 1.98. The Balaban J connectivity index is 2.32. The van der Waals surface area contributed by atoms with E-state index >= 15 is 0 Å². The van der Waals surface area contributed by atoms with Crippen LogP contribution in [0, 0.1) is 13.8 Å². The lowest BCUT2D eigenvalue weighted by molar-refractivity contribution is 0.685. The zero-order chi connectivity index (χ0) is 10.8. The topological polar surface area (TPSA) is 24.9 Å². The molecule has 0 saturated heterocycles. The van der Waals surface area contributed by atoms with Gasteiger partial charge in [-0.25, -0.2) is 4.98 Å². The highest BCUT2D eigenvalue weighted by Crippen LogP contribution is 2.28. The minimum Gasteiger partial charge on any atom is -0.307 e. The molecule has 0 fully saturated rings. The summed E-state index contributed by atoms with van der Waals surface area (Å²) in [5.41, 5.74) is 1.13. The molecule has 0 amide bonds. The van der Waals surface area contributed by atoms with Crippen molar-refractivity contribution in [2.24, 2.45) is 0 Å². The molecule has 0 spiro atoms. The summed E-state index contributed by atoms with van der Waals surface area (Å²) >= 11 is 3.53. The van der Waals surface area contributed by atoms with Gasteiger partial charge < -0.3 is 5.32 Å². The zero-order valence-electron chi connectivity index (χ0n) is 9.07. The SMILES string of the molecule is CNC(c1csc(C)n1)c1ccc(C)s1. The van der Waals surface area contributed by atoms with E-state index in [1.54, 1.807) is 11.3 Å². The molecule has 0 aromatic carbocycles. The first kappa shape index (κ1) is 10.8. The Morgan fingerprint density at radius 2 is 2.13 bits per heavy atom. The summed E-state index contributed by atoms with van der Waals surface area (Å²) in [6.45, 7) is 4.17. The number of aromatic nitrogens is 1. The van der Waals surface area contributed by atoms with E-state index in [4.69, 9.17) is 0 Å². The molecular weight excluding hydrogens is 224 g/mol. The Labute approximate surface area is 98.0 Å². The van der Waals surface area contributed by atoms with Crippen LogP contribution in [0.2, 0.25) is 0 Å². The maximum Gasteiger partial charge on any atom is 0.0898 e. The molecule has 2 nitrogen and oxygen atoms in total. The van der Waals surface area contributed by atoms with Gasteiger partial charge in [-0.2, -0.15) is 0 Å². The molecule has 1 unspecified atom stereocenters. The van der Waals surface area contributed by atoms with Crippen molar-refractivity contribution in [3.05, 3.63) is 38.0 Å². The molecule has 0 aliphatic rings. The average molecular weight is 238 g/mol. The highest BCUT2D eigenvalue weighted by atomic mass is 32.1. The first-order valence-corrected chi connectivity index (χ1v) is 6.56. The normalized spacial score (nSPS) is 13.0. The van der Waals surface area contributed by atoms with Crippen molar-refractivity contribution < 1.29 is 0 Å². The van der Waals surface area contributed by atoms with Gasteiger partial charge in [-0.15, -0.1) is 22.7 Å². The van der Waals surface area contributed by atoms with Crippen LogP contribution in [0.15, 0.2) is 17.5 Å². The molecule has 0 saturated carbocycles. The third-order valence-corrected chi connectivity index (χ3v) is 4.12. The van der Waals surface area contributed by atoms with Crippen molar-refractivity contribution >= 4 is 22.7 Å². The molecule has 0 radical (unpaired) electrons. The Kier molecular flexibility index (Phi) is 3.19. The van der Waals surface area contributed by atoms with Gasteiger partial charge >= 0.3 is 0 Å². The maximum absolute atomic E-state index is 4.53. The third kappa shape index (κ3) is 2.27. The monoisotopic (exact) mass is 238 g/mol. The molecule has 4 heteroatoms. The second-order valence-corrected chi connectivity index (χ2v) is 5.84. The lowest BCUT2D eigenvalue weighted by atomic mass is 10.2. The summed E-state index contributed by atoms with van der Waals surface area (Å²) in [5, 5.41) is 6.57. The average Bonchev–Trinajstić information content (AvgIpc) is 2.78. The fourth-order valence-electron chi connectivity index (χ4n) is 1.56. The summed E-state index contributed by atoms with van der Waals surface area (Å²) in [6, 6.07) is 4.58. The van der Waals surface area contributed by atoms with Crippen LogP contribution in [0.3, 0.4) is 0 Å². The van der Waals surface area contributed by atoms with Gasteiger partial charge in [-0.3, -0.25) is 0 Å². The second-order valence-electron chi connectivity index (χ2n) is 3.46. The molecular formula is C11H14N2S2. The highest BCUT2D eigenvalue weighted by Gasteiger charge is 2.16. The first-order chi connectivity index (χ1) is 7.20. The van der Waals surface area contributed by atoms with Crippen LogP contribution in [0.4, 0.5) is 0 Å². The largest absolute Gasteiger partial charge is 0.307 e. The minimum atomic E-state index is 0.244. The quantitative estimate of drug-likeness (QED) is 0.888. The van der Waals surface area contributed by atoms with Crippen molar-refractivity contribution in [3.8, 4) is 0 Å². The smallest absolute Gasteiger partial charge is 0.0898 e. The van der Waals surface area contributed by atoms with Gasteiger partial charge in [0.1, 0.15) is 0 Å². The third-order valence-electron chi connectivity index (χ3n) is 2.27. The summed E-state index contributed by atoms with van der Waals surface area (Å²) < 4.78 is 0. The first-order valence-electron chi connectivity index (χ1n) is 4.86. The number of aryl methyl sites for hydroxylation is 2. The van der Waals surface area contributed by atoms with Gasteiger partial charge in [0.2, 0.25) is 0 Å². The second kappa shape index (κ2) is 4.43. The van der Waals surface area contributed by atoms with E-state index in [2.05, 4.69) is 34.7 Å². The van der Waals surface area contributed by atoms with Gasteiger partial charge in [0.25, 0.3) is 0 Å². The van der Waals surface area contributed by atoms with E-state index < -0.39 is 0 Å². The fraction of sp³-hybridized carbons (Fsp3) is 0.364. The van der Waals surface area contributed by atoms with Gasteiger partial charge in [0.05, 0.1) is 16.7 Å². The highest BCUT2D eigenvalue weighted by molar-refractivity contribution is 7.12. The number of thiazole rings is 1. The Morgan fingerprint density at radius 1 is 1.33 bits per heavy atom. The van der Waals surface area contributed by atoms with Crippen molar-refractivity contribution in [1.29, 1.82) is 0 Å². The lowest BCUT2D eigenvalue weighted by Gasteiger charge is -2.11. The van der Waals surface area contributed by atoms with Crippen LogP contribution < -0.4 is 5.32 Å².